The van der Waals surface area contributed by atoms with E-state index in [0.29, 0.717) is 19.0 Å². The van der Waals surface area contributed by atoms with Gasteiger partial charge in [0.25, 0.3) is 5.56 Å². The van der Waals surface area contributed by atoms with Crippen LogP contribution in [-0.2, 0) is 17.8 Å². The topological polar surface area (TPSA) is 75.6 Å². The number of amides is 1. The number of nitrogens with zero attached hydrogens (tertiary/aromatic N) is 2. The van der Waals surface area contributed by atoms with Crippen molar-refractivity contribution in [3.05, 3.63) is 63.6 Å². The molecule has 1 aromatic heterocycles. The van der Waals surface area contributed by atoms with Gasteiger partial charge >= 0.3 is 0 Å². The van der Waals surface area contributed by atoms with Gasteiger partial charge in [0.1, 0.15) is 11.8 Å². The standard InChI is InChI=1S/C23H26N4O3/c28-22-3-1-2-20-17-8-14(12-27(20)22)11-26(13-17)23(29)19-10-18(24-25-19)15-4-5-21-16(9-15)6-7-30-21/h1-5,9,14,17-19,24-25H,6-8,10-13H2/t14-,17+,18?,19?/m1/s1. The monoisotopic (exact) mass is 406 g/mol. The van der Waals surface area contributed by atoms with Gasteiger partial charge in [0.15, 0.2) is 0 Å². The molecule has 2 unspecified atom stereocenters. The third-order valence-corrected chi connectivity index (χ3v) is 7.11. The molecule has 156 valence electrons. The zero-order chi connectivity index (χ0) is 20.2. The van der Waals surface area contributed by atoms with Gasteiger partial charge in [-0.15, -0.1) is 0 Å². The Morgan fingerprint density at radius 1 is 1.07 bits per heavy atom. The predicted molar refractivity (Wildman–Crippen MR) is 111 cm³/mol. The number of piperidine rings is 1. The van der Waals surface area contributed by atoms with Crippen LogP contribution in [0, 0.1) is 5.92 Å². The van der Waals surface area contributed by atoms with Crippen molar-refractivity contribution in [3.63, 3.8) is 0 Å². The largest absolute Gasteiger partial charge is 0.493 e. The first-order chi connectivity index (χ1) is 14.7. The summed E-state index contributed by atoms with van der Waals surface area (Å²) in [5.41, 5.74) is 10.2. The molecule has 1 amide bonds. The molecule has 0 radical (unpaired) electrons. The van der Waals surface area contributed by atoms with Crippen molar-refractivity contribution in [3.8, 4) is 5.75 Å². The number of hydrazine groups is 1. The quantitative estimate of drug-likeness (QED) is 0.787. The van der Waals surface area contributed by atoms with Gasteiger partial charge < -0.3 is 14.2 Å². The summed E-state index contributed by atoms with van der Waals surface area (Å²) in [5, 5.41) is 0. The van der Waals surface area contributed by atoms with Gasteiger partial charge in [-0.05, 0) is 42.0 Å². The van der Waals surface area contributed by atoms with Crippen molar-refractivity contribution in [1.29, 1.82) is 0 Å². The molecule has 2 bridgehead atoms. The first-order valence-electron chi connectivity index (χ1n) is 10.9. The van der Waals surface area contributed by atoms with Crippen molar-refractivity contribution in [2.24, 2.45) is 5.92 Å². The van der Waals surface area contributed by atoms with Gasteiger partial charge in [-0.2, -0.15) is 0 Å². The summed E-state index contributed by atoms with van der Waals surface area (Å²) in [4.78, 5) is 27.5. The summed E-state index contributed by atoms with van der Waals surface area (Å²) in [5.74, 6) is 1.74. The summed E-state index contributed by atoms with van der Waals surface area (Å²) < 4.78 is 7.51. The van der Waals surface area contributed by atoms with Gasteiger partial charge in [-0.1, -0.05) is 18.2 Å². The smallest absolute Gasteiger partial charge is 0.250 e. The van der Waals surface area contributed by atoms with Crippen molar-refractivity contribution in [1.82, 2.24) is 20.3 Å². The molecule has 2 fully saturated rings. The number of likely N-dealkylation sites (tertiary alicyclic amines) is 1. The molecule has 0 aliphatic carbocycles. The number of hydrogen-bond acceptors (Lipinski definition) is 5. The van der Waals surface area contributed by atoms with Gasteiger partial charge in [0.05, 0.1) is 6.61 Å². The number of nitrogens with one attached hydrogen (secondary N) is 2. The van der Waals surface area contributed by atoms with Crippen LogP contribution in [0.25, 0.3) is 0 Å². The minimum absolute atomic E-state index is 0.0752. The third kappa shape index (κ3) is 2.96. The highest BCUT2D eigenvalue weighted by atomic mass is 16.5. The van der Waals surface area contributed by atoms with E-state index >= 15 is 0 Å². The van der Waals surface area contributed by atoms with Gasteiger partial charge in [0, 0.05) is 49.8 Å². The molecule has 4 aliphatic heterocycles. The minimum atomic E-state index is -0.226. The highest BCUT2D eigenvalue weighted by Gasteiger charge is 2.40. The molecule has 0 spiro atoms. The van der Waals surface area contributed by atoms with E-state index in [2.05, 4.69) is 23.0 Å². The van der Waals surface area contributed by atoms with Crippen LogP contribution >= 0.6 is 0 Å². The number of carbonyl (C=O) groups excluding carboxylic acids is 1. The minimum Gasteiger partial charge on any atom is -0.493 e. The molecule has 4 atom stereocenters. The molecule has 2 saturated heterocycles. The van der Waals surface area contributed by atoms with Gasteiger partial charge in [-0.25, -0.2) is 10.9 Å². The lowest BCUT2D eigenvalue weighted by Crippen LogP contribution is -2.53. The first kappa shape index (κ1) is 18.2. The highest BCUT2D eigenvalue weighted by Crippen LogP contribution is 2.36. The Kier molecular flexibility index (Phi) is 4.21. The van der Waals surface area contributed by atoms with Crippen LogP contribution in [0.1, 0.15) is 41.6 Å². The molecule has 0 saturated carbocycles. The fourth-order valence-electron chi connectivity index (χ4n) is 5.66. The van der Waals surface area contributed by atoms with E-state index < -0.39 is 0 Å². The maximum absolute atomic E-state index is 13.3. The number of hydrogen-bond donors (Lipinski definition) is 2. The molecule has 7 nitrogen and oxygen atoms in total. The zero-order valence-corrected chi connectivity index (χ0v) is 16.8. The Morgan fingerprint density at radius 2 is 2.00 bits per heavy atom. The van der Waals surface area contributed by atoms with E-state index in [9.17, 15) is 9.59 Å². The van der Waals surface area contributed by atoms with Crippen LogP contribution in [0.2, 0.25) is 0 Å². The van der Waals surface area contributed by atoms with Crippen LogP contribution in [0.4, 0.5) is 0 Å². The van der Waals surface area contributed by atoms with Gasteiger partial charge in [-0.3, -0.25) is 9.59 Å². The fraction of sp³-hybridized carbons (Fsp3) is 0.478. The summed E-state index contributed by atoms with van der Waals surface area (Å²) in [7, 11) is 0. The summed E-state index contributed by atoms with van der Waals surface area (Å²) in [6.07, 6.45) is 2.75. The maximum Gasteiger partial charge on any atom is 0.250 e. The molecule has 6 rings (SSSR count). The lowest BCUT2D eigenvalue weighted by atomic mass is 9.83. The Bertz CT molecular complexity index is 1060. The van der Waals surface area contributed by atoms with Crippen LogP contribution in [0.5, 0.6) is 5.75 Å². The van der Waals surface area contributed by atoms with Gasteiger partial charge in [0.2, 0.25) is 5.91 Å². The fourth-order valence-corrected chi connectivity index (χ4v) is 5.66. The maximum atomic E-state index is 13.3. The lowest BCUT2D eigenvalue weighted by Gasteiger charge is -2.43. The number of pyridine rings is 1. The Labute approximate surface area is 175 Å². The Morgan fingerprint density at radius 3 is 2.93 bits per heavy atom. The van der Waals surface area contributed by atoms with Crippen molar-refractivity contribution in [2.45, 2.75) is 43.8 Å². The number of fused-ring (bicyclic) bond motifs is 5. The second-order valence-electron chi connectivity index (χ2n) is 9.04. The van der Waals surface area contributed by atoms with E-state index in [1.165, 1.54) is 11.1 Å². The van der Waals surface area contributed by atoms with Crippen molar-refractivity contribution in [2.75, 3.05) is 19.7 Å². The van der Waals surface area contributed by atoms with Crippen LogP contribution < -0.4 is 21.1 Å². The third-order valence-electron chi connectivity index (χ3n) is 7.11. The predicted octanol–water partition coefficient (Wildman–Crippen LogP) is 1.34. The summed E-state index contributed by atoms with van der Waals surface area (Å²) >= 11 is 0. The van der Waals surface area contributed by atoms with E-state index in [4.69, 9.17) is 4.74 Å². The SMILES string of the molecule is O=C(C1CC(c2ccc3c(c2)CCO3)NN1)N1C[C@H]2C[C@@H](C1)c1cccc(=O)n1C2. The molecular formula is C23H26N4O3. The van der Waals surface area contributed by atoms with Crippen LogP contribution in [0.3, 0.4) is 0 Å². The number of benzene rings is 1. The van der Waals surface area contributed by atoms with Crippen molar-refractivity contribution >= 4 is 5.91 Å². The number of carbonyl (C=O) groups is 1. The second kappa shape index (κ2) is 6.96. The van der Waals surface area contributed by atoms with E-state index in [1.807, 2.05) is 27.7 Å². The normalized spacial score (nSPS) is 29.3. The van der Waals surface area contributed by atoms with E-state index in [1.54, 1.807) is 6.07 Å². The van der Waals surface area contributed by atoms with E-state index in [0.717, 1.165) is 43.9 Å². The molecule has 7 heteroatoms. The number of rotatable bonds is 2. The van der Waals surface area contributed by atoms with Crippen molar-refractivity contribution < 1.29 is 9.53 Å². The number of ether oxygens (including phenoxy) is 1. The molecule has 30 heavy (non-hydrogen) atoms. The van der Waals surface area contributed by atoms with Crippen LogP contribution in [0.15, 0.2) is 41.2 Å². The average molecular weight is 406 g/mol. The zero-order valence-electron chi connectivity index (χ0n) is 16.8. The number of aromatic nitrogens is 1. The Balaban J connectivity index is 1.16. The summed E-state index contributed by atoms with van der Waals surface area (Å²) in [6.45, 7) is 2.89. The molecule has 1 aromatic carbocycles. The highest BCUT2D eigenvalue weighted by molar-refractivity contribution is 5.82. The summed E-state index contributed by atoms with van der Waals surface area (Å²) in [6, 6.07) is 11.7. The Hall–Kier alpha value is -2.64. The van der Waals surface area contributed by atoms with Crippen LogP contribution in [-0.4, -0.2) is 41.1 Å². The first-order valence-corrected chi connectivity index (χ1v) is 10.9. The molecule has 2 aromatic rings. The lowest BCUT2D eigenvalue weighted by molar-refractivity contribution is -0.136. The molecule has 2 N–H and O–H groups in total. The average Bonchev–Trinajstić information content (AvgIpc) is 3.43. The van der Waals surface area contributed by atoms with E-state index in [-0.39, 0.29) is 29.5 Å². The second-order valence-corrected chi connectivity index (χ2v) is 9.04. The molecular weight excluding hydrogens is 380 g/mol. The molecule has 4 aliphatic rings. The molecule has 5 heterocycles.